The molecule has 0 aliphatic heterocycles. The second kappa shape index (κ2) is 15.6. The van der Waals surface area contributed by atoms with E-state index in [1.165, 1.54) is 14.0 Å². The Labute approximate surface area is 311 Å². The van der Waals surface area contributed by atoms with Crippen molar-refractivity contribution in [1.82, 2.24) is 0 Å². The van der Waals surface area contributed by atoms with Gasteiger partial charge in [-0.25, -0.2) is 0 Å². The molecule has 0 radical (unpaired) electrons. The van der Waals surface area contributed by atoms with Crippen LogP contribution in [0.4, 0.5) is 0 Å². The van der Waals surface area contributed by atoms with Crippen LogP contribution < -0.4 is 20.7 Å². The third-order valence-corrected chi connectivity index (χ3v) is 20.7. The molecule has 0 amide bonds. The van der Waals surface area contributed by atoms with Crippen LogP contribution >= 0.6 is 0 Å². The quantitative estimate of drug-likeness (QED) is 0.130. The summed E-state index contributed by atoms with van der Waals surface area (Å²) >= 11 is 0. The molecule has 0 bridgehead atoms. The molecule has 0 saturated heterocycles. The number of methoxy groups -OCH3 is 2. The molecule has 0 aromatic heterocycles. The lowest BCUT2D eigenvalue weighted by atomic mass is 9.88. The molecule has 1 aliphatic rings. The van der Waals surface area contributed by atoms with E-state index in [2.05, 4.69) is 90.1 Å². The minimum Gasteiger partial charge on any atom is -0.469 e. The van der Waals surface area contributed by atoms with Crippen molar-refractivity contribution in [1.29, 1.82) is 0 Å². The molecular formula is C43H54O7Si2. The van der Waals surface area contributed by atoms with E-state index in [4.69, 9.17) is 23.1 Å². The van der Waals surface area contributed by atoms with Gasteiger partial charge in [0.05, 0.1) is 25.9 Å². The monoisotopic (exact) mass is 738 g/mol. The average Bonchev–Trinajstić information content (AvgIpc) is 3.42. The summed E-state index contributed by atoms with van der Waals surface area (Å²) in [5.41, 5.74) is -1.61. The summed E-state index contributed by atoms with van der Waals surface area (Å²) in [6.07, 6.45) is -1.22. The van der Waals surface area contributed by atoms with Crippen LogP contribution in [-0.4, -0.2) is 67.2 Å². The molecule has 4 aromatic rings. The third-order valence-electron chi connectivity index (χ3n) is 10.6. The Morgan fingerprint density at radius 1 is 0.654 bits per heavy atom. The Bertz CT molecular complexity index is 1690. The Kier molecular flexibility index (Phi) is 11.8. The first kappa shape index (κ1) is 39.3. The van der Waals surface area contributed by atoms with Gasteiger partial charge in [0.25, 0.3) is 16.6 Å². The highest BCUT2D eigenvalue weighted by Crippen LogP contribution is 2.49. The lowest BCUT2D eigenvalue weighted by Gasteiger charge is -2.49. The summed E-state index contributed by atoms with van der Waals surface area (Å²) in [7, 11) is -3.53. The van der Waals surface area contributed by atoms with E-state index in [1.807, 2.05) is 72.8 Å². The van der Waals surface area contributed by atoms with Gasteiger partial charge in [0.15, 0.2) is 5.60 Å². The SMILES string of the molecule is COC(=O)[C@H]1[C@H](OC)CC(O[Si](c2ccccc2)(c2ccccc2)C(C)(C)C)[C@@]1(CO[Si](c1ccccc1)(c1ccccc1)C(C)(C)C)OC(C)=O. The van der Waals surface area contributed by atoms with E-state index >= 15 is 0 Å². The number of benzene rings is 4. The average molecular weight is 739 g/mol. The normalized spacial score (nSPS) is 21.1. The van der Waals surface area contributed by atoms with Crippen LogP contribution in [0.25, 0.3) is 0 Å². The molecule has 7 nitrogen and oxygen atoms in total. The van der Waals surface area contributed by atoms with Gasteiger partial charge in [0.2, 0.25) is 0 Å². The number of carbonyl (C=O) groups excluding carboxylic acids is 2. The first-order valence-electron chi connectivity index (χ1n) is 18.0. The fraction of sp³-hybridized carbons (Fsp3) is 0.395. The van der Waals surface area contributed by atoms with Gasteiger partial charge in [-0.05, 0) is 30.8 Å². The van der Waals surface area contributed by atoms with Crippen molar-refractivity contribution >= 4 is 49.3 Å². The standard InChI is InChI=1S/C43H54O7Si2/c1-32(44)49-43(31-48-51(41(2,3)4,33-22-14-10-15-23-33)34-24-16-11-17-25-34)38(30-37(46-8)39(43)40(45)47-9)50-52(42(5,6)7,35-26-18-12-19-27-35)36-28-20-13-21-29-36/h10-29,37-39H,30-31H2,1-9H3/t37-,38?,39-,43-/m1/s1. The maximum Gasteiger partial charge on any atom is 0.315 e. The van der Waals surface area contributed by atoms with Crippen molar-refractivity contribution in [2.24, 2.45) is 5.92 Å². The lowest BCUT2D eigenvalue weighted by Crippen LogP contribution is -2.71. The Balaban J connectivity index is 1.80. The smallest absolute Gasteiger partial charge is 0.315 e. The molecule has 0 spiro atoms. The molecule has 0 heterocycles. The number of esters is 2. The molecule has 1 unspecified atom stereocenters. The number of ether oxygens (including phenoxy) is 3. The van der Waals surface area contributed by atoms with Crippen LogP contribution in [0.2, 0.25) is 10.1 Å². The van der Waals surface area contributed by atoms with E-state index < -0.39 is 57.3 Å². The summed E-state index contributed by atoms with van der Waals surface area (Å²) in [6.45, 7) is 14.4. The van der Waals surface area contributed by atoms with Crippen molar-refractivity contribution in [3.05, 3.63) is 121 Å². The maximum absolute atomic E-state index is 14.1. The minimum atomic E-state index is -3.25. The van der Waals surface area contributed by atoms with E-state index in [-0.39, 0.29) is 18.1 Å². The van der Waals surface area contributed by atoms with Crippen molar-refractivity contribution < 1.29 is 32.7 Å². The number of rotatable bonds is 12. The second-order valence-electron chi connectivity index (χ2n) is 15.8. The predicted molar refractivity (Wildman–Crippen MR) is 211 cm³/mol. The highest BCUT2D eigenvalue weighted by molar-refractivity contribution is 7.00. The number of carbonyl (C=O) groups is 2. The van der Waals surface area contributed by atoms with Gasteiger partial charge in [-0.3, -0.25) is 9.59 Å². The molecule has 1 saturated carbocycles. The van der Waals surface area contributed by atoms with Gasteiger partial charge in [-0.1, -0.05) is 163 Å². The zero-order valence-corrected chi connectivity index (χ0v) is 34.1. The fourth-order valence-corrected chi connectivity index (χ4v) is 17.8. The van der Waals surface area contributed by atoms with E-state index in [0.29, 0.717) is 0 Å². The Morgan fingerprint density at radius 2 is 1.04 bits per heavy atom. The zero-order chi connectivity index (χ0) is 37.8. The molecule has 9 heteroatoms. The number of hydrogen-bond acceptors (Lipinski definition) is 7. The summed E-state index contributed by atoms with van der Waals surface area (Å²) in [5.74, 6) is -2.13. The summed E-state index contributed by atoms with van der Waals surface area (Å²) < 4.78 is 33.5. The first-order valence-corrected chi connectivity index (χ1v) is 21.8. The van der Waals surface area contributed by atoms with Crippen molar-refractivity contribution in [2.45, 2.75) is 82.8 Å². The number of hydrogen-bond donors (Lipinski definition) is 0. The van der Waals surface area contributed by atoms with E-state index in [9.17, 15) is 9.59 Å². The maximum atomic E-state index is 14.1. The molecule has 4 atom stereocenters. The molecule has 1 fully saturated rings. The molecule has 52 heavy (non-hydrogen) atoms. The van der Waals surface area contributed by atoms with Crippen molar-refractivity contribution in [2.75, 3.05) is 20.8 Å². The van der Waals surface area contributed by atoms with Crippen LogP contribution in [0, 0.1) is 5.92 Å². The first-order chi connectivity index (χ1) is 24.7. The molecule has 1 aliphatic carbocycles. The van der Waals surface area contributed by atoms with Crippen LogP contribution in [0.1, 0.15) is 54.9 Å². The Hall–Kier alpha value is -3.87. The zero-order valence-electron chi connectivity index (χ0n) is 32.1. The van der Waals surface area contributed by atoms with E-state index in [0.717, 1.165) is 20.7 Å². The highest BCUT2D eigenvalue weighted by Gasteiger charge is 2.67. The van der Waals surface area contributed by atoms with Crippen LogP contribution in [0.15, 0.2) is 121 Å². The van der Waals surface area contributed by atoms with Gasteiger partial charge in [0, 0.05) is 20.5 Å². The van der Waals surface area contributed by atoms with Gasteiger partial charge >= 0.3 is 11.9 Å². The van der Waals surface area contributed by atoms with Crippen molar-refractivity contribution in [3.63, 3.8) is 0 Å². The van der Waals surface area contributed by atoms with Gasteiger partial charge in [-0.15, -0.1) is 0 Å². The molecule has 276 valence electrons. The van der Waals surface area contributed by atoms with Crippen LogP contribution in [0.5, 0.6) is 0 Å². The van der Waals surface area contributed by atoms with Crippen LogP contribution in [0.3, 0.4) is 0 Å². The predicted octanol–water partition coefficient (Wildman–Crippen LogP) is 6.02. The van der Waals surface area contributed by atoms with E-state index in [1.54, 1.807) is 7.11 Å². The fourth-order valence-electron chi connectivity index (χ4n) is 8.42. The molecule has 0 N–H and O–H groups in total. The van der Waals surface area contributed by atoms with Gasteiger partial charge in [-0.2, -0.15) is 0 Å². The molecular weight excluding hydrogens is 685 g/mol. The van der Waals surface area contributed by atoms with Gasteiger partial charge < -0.3 is 23.1 Å². The third kappa shape index (κ3) is 7.09. The molecule has 5 rings (SSSR count). The van der Waals surface area contributed by atoms with Crippen LogP contribution in [-0.2, 0) is 32.7 Å². The highest BCUT2D eigenvalue weighted by atomic mass is 28.4. The largest absolute Gasteiger partial charge is 0.469 e. The Morgan fingerprint density at radius 3 is 1.37 bits per heavy atom. The minimum absolute atomic E-state index is 0.123. The molecule has 4 aromatic carbocycles. The van der Waals surface area contributed by atoms with Crippen molar-refractivity contribution in [3.8, 4) is 0 Å². The summed E-state index contributed by atoms with van der Waals surface area (Å²) in [4.78, 5) is 27.6. The summed E-state index contributed by atoms with van der Waals surface area (Å²) in [6, 6.07) is 41.2. The lowest BCUT2D eigenvalue weighted by molar-refractivity contribution is -0.190. The second-order valence-corrected chi connectivity index (χ2v) is 24.3. The topological polar surface area (TPSA) is 80.3 Å². The summed E-state index contributed by atoms with van der Waals surface area (Å²) in [5, 5.41) is 3.46. The van der Waals surface area contributed by atoms with Gasteiger partial charge in [0.1, 0.15) is 5.92 Å².